The third-order valence-electron chi connectivity index (χ3n) is 3.85. The fourth-order valence-electron chi connectivity index (χ4n) is 2.68. The molecular formula is C13H26N2O2. The Balaban J connectivity index is 2.20. The van der Waals surface area contributed by atoms with Gasteiger partial charge >= 0.3 is 0 Å². The SMILES string of the molecule is CCN(CC)C(=O)CNCC1CCCC1CO. The molecule has 0 spiro atoms. The number of aliphatic hydroxyl groups excluding tert-OH is 1. The third-order valence-corrected chi connectivity index (χ3v) is 3.85. The van der Waals surface area contributed by atoms with E-state index in [0.717, 1.165) is 26.1 Å². The summed E-state index contributed by atoms with van der Waals surface area (Å²) in [6.07, 6.45) is 3.52. The second kappa shape index (κ2) is 7.67. The quantitative estimate of drug-likeness (QED) is 0.696. The lowest BCUT2D eigenvalue weighted by Crippen LogP contribution is -2.39. The summed E-state index contributed by atoms with van der Waals surface area (Å²) in [7, 11) is 0. The highest BCUT2D eigenvalue weighted by Crippen LogP contribution is 2.30. The molecule has 0 heterocycles. The van der Waals surface area contributed by atoms with Gasteiger partial charge in [0.05, 0.1) is 6.54 Å². The number of amides is 1. The molecule has 100 valence electrons. The van der Waals surface area contributed by atoms with Gasteiger partial charge < -0.3 is 15.3 Å². The van der Waals surface area contributed by atoms with Gasteiger partial charge in [0, 0.05) is 19.7 Å². The molecule has 0 radical (unpaired) electrons. The van der Waals surface area contributed by atoms with Crippen LogP contribution in [-0.4, -0.2) is 48.7 Å². The van der Waals surface area contributed by atoms with Crippen molar-refractivity contribution in [1.29, 1.82) is 0 Å². The van der Waals surface area contributed by atoms with Crippen LogP contribution in [0.2, 0.25) is 0 Å². The van der Waals surface area contributed by atoms with Crippen LogP contribution in [0.1, 0.15) is 33.1 Å². The van der Waals surface area contributed by atoms with Crippen LogP contribution < -0.4 is 5.32 Å². The van der Waals surface area contributed by atoms with Gasteiger partial charge in [0.15, 0.2) is 0 Å². The first kappa shape index (κ1) is 14.5. The molecule has 0 bridgehead atoms. The van der Waals surface area contributed by atoms with Gasteiger partial charge in [-0.15, -0.1) is 0 Å². The molecule has 0 aromatic rings. The Bertz CT molecular complexity index is 229. The molecule has 0 aliphatic heterocycles. The van der Waals surface area contributed by atoms with Crippen molar-refractivity contribution in [3.8, 4) is 0 Å². The Kier molecular flexibility index (Phi) is 6.52. The van der Waals surface area contributed by atoms with Crippen LogP contribution in [0.3, 0.4) is 0 Å². The predicted molar refractivity (Wildman–Crippen MR) is 68.7 cm³/mol. The summed E-state index contributed by atoms with van der Waals surface area (Å²) >= 11 is 0. The molecule has 4 heteroatoms. The highest BCUT2D eigenvalue weighted by atomic mass is 16.3. The molecule has 2 N–H and O–H groups in total. The molecule has 1 amide bonds. The number of carbonyl (C=O) groups is 1. The van der Waals surface area contributed by atoms with Gasteiger partial charge in [-0.3, -0.25) is 4.79 Å². The van der Waals surface area contributed by atoms with E-state index < -0.39 is 0 Å². The van der Waals surface area contributed by atoms with Gasteiger partial charge in [-0.25, -0.2) is 0 Å². The molecule has 2 atom stereocenters. The lowest BCUT2D eigenvalue weighted by Gasteiger charge is -2.21. The standard InChI is InChI=1S/C13H26N2O2/c1-3-15(4-2)13(17)9-14-8-11-6-5-7-12(11)10-16/h11-12,14,16H,3-10H2,1-2H3. The molecule has 0 saturated heterocycles. The van der Waals surface area contributed by atoms with Gasteiger partial charge in [0.1, 0.15) is 0 Å². The van der Waals surface area contributed by atoms with E-state index in [-0.39, 0.29) is 12.5 Å². The largest absolute Gasteiger partial charge is 0.396 e. The number of aliphatic hydroxyl groups is 1. The number of carbonyl (C=O) groups excluding carboxylic acids is 1. The second-order valence-corrected chi connectivity index (χ2v) is 4.83. The van der Waals surface area contributed by atoms with Crippen molar-refractivity contribution in [3.05, 3.63) is 0 Å². The molecule has 1 aliphatic carbocycles. The summed E-state index contributed by atoms with van der Waals surface area (Å²) < 4.78 is 0. The van der Waals surface area contributed by atoms with Crippen LogP contribution in [0.4, 0.5) is 0 Å². The lowest BCUT2D eigenvalue weighted by atomic mass is 9.97. The van der Waals surface area contributed by atoms with Gasteiger partial charge in [-0.1, -0.05) is 6.42 Å². The third kappa shape index (κ3) is 4.28. The maximum Gasteiger partial charge on any atom is 0.236 e. The number of likely N-dealkylation sites (N-methyl/N-ethyl adjacent to an activating group) is 1. The Labute approximate surface area is 104 Å². The van der Waals surface area contributed by atoms with Crippen LogP contribution in [0.15, 0.2) is 0 Å². The molecule has 17 heavy (non-hydrogen) atoms. The average molecular weight is 242 g/mol. The van der Waals surface area contributed by atoms with Crippen molar-refractivity contribution in [3.63, 3.8) is 0 Å². The maximum absolute atomic E-state index is 11.7. The monoisotopic (exact) mass is 242 g/mol. The van der Waals surface area contributed by atoms with Gasteiger partial charge in [-0.05, 0) is 45.1 Å². The van der Waals surface area contributed by atoms with Crippen LogP contribution in [0.5, 0.6) is 0 Å². The Morgan fingerprint density at radius 2 is 1.94 bits per heavy atom. The zero-order valence-corrected chi connectivity index (χ0v) is 11.1. The minimum atomic E-state index is 0.175. The summed E-state index contributed by atoms with van der Waals surface area (Å²) in [6, 6.07) is 0. The minimum Gasteiger partial charge on any atom is -0.396 e. The average Bonchev–Trinajstić information content (AvgIpc) is 2.78. The van der Waals surface area contributed by atoms with Crippen LogP contribution >= 0.6 is 0 Å². The first-order valence-corrected chi connectivity index (χ1v) is 6.82. The second-order valence-electron chi connectivity index (χ2n) is 4.83. The topological polar surface area (TPSA) is 52.6 Å². The highest BCUT2D eigenvalue weighted by Gasteiger charge is 2.26. The van der Waals surface area contributed by atoms with Gasteiger partial charge in [0.25, 0.3) is 0 Å². The molecule has 2 unspecified atom stereocenters. The minimum absolute atomic E-state index is 0.175. The predicted octanol–water partition coefficient (Wildman–Crippen LogP) is 0.853. The first-order chi connectivity index (χ1) is 8.22. The zero-order valence-electron chi connectivity index (χ0n) is 11.1. The van der Waals surface area contributed by atoms with Crippen molar-refractivity contribution >= 4 is 5.91 Å². The molecule has 1 fully saturated rings. The van der Waals surface area contributed by atoms with E-state index in [0.29, 0.717) is 18.4 Å². The van der Waals surface area contributed by atoms with E-state index in [1.165, 1.54) is 12.8 Å². The number of rotatable bonds is 7. The lowest BCUT2D eigenvalue weighted by molar-refractivity contribution is -0.129. The summed E-state index contributed by atoms with van der Waals surface area (Å²) in [4.78, 5) is 13.6. The van der Waals surface area contributed by atoms with Crippen LogP contribution in [0, 0.1) is 11.8 Å². The maximum atomic E-state index is 11.7. The number of nitrogens with one attached hydrogen (secondary N) is 1. The summed E-state index contributed by atoms with van der Waals surface area (Å²) in [5, 5.41) is 12.4. The fraction of sp³-hybridized carbons (Fsp3) is 0.923. The number of hydrogen-bond donors (Lipinski definition) is 2. The summed E-state index contributed by atoms with van der Waals surface area (Å²) in [5.74, 6) is 1.16. The van der Waals surface area contributed by atoms with Gasteiger partial charge in [-0.2, -0.15) is 0 Å². The molecule has 0 aromatic heterocycles. The normalized spacial score (nSPS) is 23.9. The molecule has 1 aliphatic rings. The van der Waals surface area contributed by atoms with E-state index in [2.05, 4.69) is 5.32 Å². The number of nitrogens with zero attached hydrogens (tertiary/aromatic N) is 1. The summed E-state index contributed by atoms with van der Waals surface area (Å²) in [6.45, 7) is 7.13. The molecular weight excluding hydrogens is 216 g/mol. The molecule has 0 aromatic carbocycles. The molecule has 1 saturated carbocycles. The summed E-state index contributed by atoms with van der Waals surface area (Å²) in [5.41, 5.74) is 0. The fourth-order valence-corrected chi connectivity index (χ4v) is 2.68. The van der Waals surface area contributed by atoms with Crippen molar-refractivity contribution in [2.24, 2.45) is 11.8 Å². The highest BCUT2D eigenvalue weighted by molar-refractivity contribution is 5.78. The van der Waals surface area contributed by atoms with Crippen molar-refractivity contribution in [2.45, 2.75) is 33.1 Å². The first-order valence-electron chi connectivity index (χ1n) is 6.82. The van der Waals surface area contributed by atoms with Crippen molar-refractivity contribution in [1.82, 2.24) is 10.2 Å². The Morgan fingerprint density at radius 3 is 2.53 bits per heavy atom. The van der Waals surface area contributed by atoms with E-state index in [4.69, 9.17) is 0 Å². The molecule has 4 nitrogen and oxygen atoms in total. The van der Waals surface area contributed by atoms with E-state index in [1.54, 1.807) is 0 Å². The molecule has 1 rings (SSSR count). The van der Waals surface area contributed by atoms with Crippen LogP contribution in [0.25, 0.3) is 0 Å². The van der Waals surface area contributed by atoms with E-state index >= 15 is 0 Å². The van der Waals surface area contributed by atoms with E-state index in [9.17, 15) is 9.90 Å². The zero-order chi connectivity index (χ0) is 12.7. The van der Waals surface area contributed by atoms with Crippen molar-refractivity contribution < 1.29 is 9.90 Å². The smallest absolute Gasteiger partial charge is 0.236 e. The van der Waals surface area contributed by atoms with Crippen LogP contribution in [-0.2, 0) is 4.79 Å². The Hall–Kier alpha value is -0.610. The van der Waals surface area contributed by atoms with E-state index in [1.807, 2.05) is 18.7 Å². The number of hydrogen-bond acceptors (Lipinski definition) is 3. The Morgan fingerprint density at radius 1 is 1.29 bits per heavy atom. The van der Waals surface area contributed by atoms with Crippen molar-refractivity contribution in [2.75, 3.05) is 32.8 Å². The van der Waals surface area contributed by atoms with Gasteiger partial charge in [0.2, 0.25) is 5.91 Å².